The van der Waals surface area contributed by atoms with E-state index in [9.17, 15) is 9.59 Å². The minimum absolute atomic E-state index is 0.113. The van der Waals surface area contributed by atoms with Gasteiger partial charge in [-0.2, -0.15) is 0 Å². The van der Waals surface area contributed by atoms with Crippen LogP contribution in [0.1, 0.15) is 18.4 Å². The molecule has 0 radical (unpaired) electrons. The molecule has 1 heterocycles. The van der Waals surface area contributed by atoms with Gasteiger partial charge in [-0.1, -0.05) is 42.0 Å². The number of carbonyl (C=O) groups is 2. The molecular weight excluding hydrogens is 250 g/mol. The average Bonchev–Trinajstić information content (AvgIpc) is 2.78. The summed E-state index contributed by atoms with van der Waals surface area (Å²) in [5.74, 6) is -0.225. The Morgan fingerprint density at radius 1 is 0.850 bits per heavy atom. The monoisotopic (exact) mass is 265 g/mol. The molecule has 1 fully saturated rings. The molecule has 1 aliphatic rings. The molecule has 0 aliphatic carbocycles. The molecule has 0 saturated carbocycles. The maximum absolute atomic E-state index is 11.7. The number of imide groups is 1. The third kappa shape index (κ3) is 2.23. The lowest BCUT2D eigenvalue weighted by atomic mass is 10.0. The number of carbonyl (C=O) groups excluding carboxylic acids is 2. The summed E-state index contributed by atoms with van der Waals surface area (Å²) in [4.78, 5) is 24.7. The summed E-state index contributed by atoms with van der Waals surface area (Å²) in [5, 5.41) is 0. The van der Waals surface area contributed by atoms with Crippen LogP contribution in [-0.4, -0.2) is 11.8 Å². The molecule has 0 bridgehead atoms. The number of aryl methyl sites for hydroxylation is 1. The highest BCUT2D eigenvalue weighted by Crippen LogP contribution is 2.26. The van der Waals surface area contributed by atoms with Crippen molar-refractivity contribution in [2.75, 3.05) is 4.90 Å². The molecule has 2 aromatic carbocycles. The van der Waals surface area contributed by atoms with Crippen LogP contribution in [0.5, 0.6) is 0 Å². The van der Waals surface area contributed by atoms with Crippen LogP contribution in [0.15, 0.2) is 48.5 Å². The van der Waals surface area contributed by atoms with Gasteiger partial charge >= 0.3 is 0 Å². The molecule has 3 heteroatoms. The topological polar surface area (TPSA) is 37.4 Å². The smallest absolute Gasteiger partial charge is 0.234 e. The maximum atomic E-state index is 11.7. The van der Waals surface area contributed by atoms with Crippen LogP contribution in [0.3, 0.4) is 0 Å². The van der Waals surface area contributed by atoms with E-state index >= 15 is 0 Å². The van der Waals surface area contributed by atoms with Gasteiger partial charge < -0.3 is 0 Å². The fourth-order valence-corrected chi connectivity index (χ4v) is 2.49. The van der Waals surface area contributed by atoms with Gasteiger partial charge in [0, 0.05) is 12.8 Å². The predicted octanol–water partition coefficient (Wildman–Crippen LogP) is 3.32. The van der Waals surface area contributed by atoms with Crippen LogP contribution in [0, 0.1) is 6.92 Å². The molecule has 1 saturated heterocycles. The molecule has 0 N–H and O–H groups in total. The zero-order valence-electron chi connectivity index (χ0n) is 11.3. The third-order valence-electron chi connectivity index (χ3n) is 3.53. The van der Waals surface area contributed by atoms with Gasteiger partial charge in [-0.3, -0.25) is 14.5 Å². The van der Waals surface area contributed by atoms with E-state index in [1.165, 1.54) is 10.5 Å². The summed E-state index contributed by atoms with van der Waals surface area (Å²) in [7, 11) is 0. The molecular formula is C17H15NO2. The van der Waals surface area contributed by atoms with E-state index in [0.717, 1.165) is 11.1 Å². The van der Waals surface area contributed by atoms with Crippen molar-refractivity contribution < 1.29 is 9.59 Å². The first-order valence-corrected chi connectivity index (χ1v) is 6.68. The summed E-state index contributed by atoms with van der Waals surface area (Å²) in [6.07, 6.45) is 0.636. The first-order valence-electron chi connectivity index (χ1n) is 6.68. The van der Waals surface area contributed by atoms with Crippen LogP contribution in [0.2, 0.25) is 0 Å². The van der Waals surface area contributed by atoms with Crippen molar-refractivity contribution in [3.05, 3.63) is 54.1 Å². The number of nitrogens with zero attached hydrogens (tertiary/aromatic N) is 1. The Morgan fingerprint density at radius 2 is 1.50 bits per heavy atom. The van der Waals surface area contributed by atoms with Gasteiger partial charge in [0.25, 0.3) is 0 Å². The van der Waals surface area contributed by atoms with Crippen molar-refractivity contribution in [3.8, 4) is 11.1 Å². The van der Waals surface area contributed by atoms with Crippen molar-refractivity contribution in [2.45, 2.75) is 19.8 Å². The second-order valence-electron chi connectivity index (χ2n) is 5.04. The Balaban J connectivity index is 1.92. The van der Waals surface area contributed by atoms with Crippen LogP contribution >= 0.6 is 0 Å². The van der Waals surface area contributed by atoms with Gasteiger partial charge in [-0.15, -0.1) is 0 Å². The Hall–Kier alpha value is -2.42. The summed E-state index contributed by atoms with van der Waals surface area (Å²) in [5.41, 5.74) is 4.08. The Bertz CT molecular complexity index is 658. The lowest BCUT2D eigenvalue weighted by Gasteiger charge is -2.14. The van der Waals surface area contributed by atoms with Gasteiger partial charge in [0.2, 0.25) is 11.8 Å². The molecule has 3 nitrogen and oxygen atoms in total. The van der Waals surface area contributed by atoms with E-state index in [1.807, 2.05) is 36.4 Å². The van der Waals surface area contributed by atoms with Gasteiger partial charge in [0.1, 0.15) is 0 Å². The summed E-state index contributed by atoms with van der Waals surface area (Å²) in [6, 6.07) is 15.8. The van der Waals surface area contributed by atoms with Gasteiger partial charge in [-0.25, -0.2) is 0 Å². The number of amides is 2. The van der Waals surface area contributed by atoms with E-state index < -0.39 is 0 Å². The van der Waals surface area contributed by atoms with Crippen molar-refractivity contribution in [2.24, 2.45) is 0 Å². The number of hydrogen-bond donors (Lipinski definition) is 0. The van der Waals surface area contributed by atoms with Gasteiger partial charge in [0.05, 0.1) is 5.69 Å². The highest BCUT2D eigenvalue weighted by atomic mass is 16.2. The zero-order valence-corrected chi connectivity index (χ0v) is 11.3. The standard InChI is InChI=1S/C17H15NO2/c1-12-3-2-4-14(11-12)13-5-7-15(8-6-13)18-16(19)9-10-17(18)20/h2-8,11H,9-10H2,1H3. The molecule has 2 aromatic rings. The van der Waals surface area contributed by atoms with Gasteiger partial charge in [-0.05, 0) is 30.2 Å². The van der Waals surface area contributed by atoms with E-state index in [4.69, 9.17) is 0 Å². The summed E-state index contributed by atoms with van der Waals surface area (Å²) < 4.78 is 0. The molecule has 0 spiro atoms. The van der Waals surface area contributed by atoms with E-state index in [0.29, 0.717) is 18.5 Å². The Morgan fingerprint density at radius 3 is 2.10 bits per heavy atom. The average molecular weight is 265 g/mol. The highest BCUT2D eigenvalue weighted by Gasteiger charge is 2.29. The highest BCUT2D eigenvalue weighted by molar-refractivity contribution is 6.19. The van der Waals surface area contributed by atoms with E-state index in [-0.39, 0.29) is 11.8 Å². The Kier molecular flexibility index (Phi) is 3.11. The fraction of sp³-hybridized carbons (Fsp3) is 0.176. The van der Waals surface area contributed by atoms with E-state index in [1.54, 1.807) is 0 Å². The van der Waals surface area contributed by atoms with Gasteiger partial charge in [0.15, 0.2) is 0 Å². The van der Waals surface area contributed by atoms with E-state index in [2.05, 4.69) is 19.1 Å². The molecule has 3 rings (SSSR count). The second-order valence-corrected chi connectivity index (χ2v) is 5.04. The third-order valence-corrected chi connectivity index (χ3v) is 3.53. The molecule has 0 unspecified atom stereocenters. The van der Waals surface area contributed by atoms with Crippen molar-refractivity contribution in [1.29, 1.82) is 0 Å². The van der Waals surface area contributed by atoms with Crippen LogP contribution in [0.4, 0.5) is 5.69 Å². The zero-order chi connectivity index (χ0) is 14.1. The molecule has 1 aliphatic heterocycles. The number of rotatable bonds is 2. The second kappa shape index (κ2) is 4.93. The van der Waals surface area contributed by atoms with Crippen LogP contribution in [0.25, 0.3) is 11.1 Å². The molecule has 20 heavy (non-hydrogen) atoms. The normalized spacial score (nSPS) is 14.9. The Labute approximate surface area is 117 Å². The minimum atomic E-state index is -0.113. The predicted molar refractivity (Wildman–Crippen MR) is 78.3 cm³/mol. The lowest BCUT2D eigenvalue weighted by molar-refractivity contribution is -0.121. The van der Waals surface area contributed by atoms with Crippen molar-refractivity contribution in [1.82, 2.24) is 0 Å². The minimum Gasteiger partial charge on any atom is -0.274 e. The summed E-state index contributed by atoms with van der Waals surface area (Å²) in [6.45, 7) is 2.05. The van der Waals surface area contributed by atoms with Crippen LogP contribution in [-0.2, 0) is 9.59 Å². The van der Waals surface area contributed by atoms with Crippen LogP contribution < -0.4 is 4.90 Å². The van der Waals surface area contributed by atoms with Crippen molar-refractivity contribution >= 4 is 17.5 Å². The lowest BCUT2D eigenvalue weighted by Crippen LogP contribution is -2.28. The molecule has 0 atom stereocenters. The first kappa shape index (κ1) is 12.6. The number of hydrogen-bond acceptors (Lipinski definition) is 2. The van der Waals surface area contributed by atoms with Crippen molar-refractivity contribution in [3.63, 3.8) is 0 Å². The SMILES string of the molecule is Cc1cccc(-c2ccc(N3C(=O)CCC3=O)cc2)c1. The maximum Gasteiger partial charge on any atom is 0.234 e. The fourth-order valence-electron chi connectivity index (χ4n) is 2.49. The first-order chi connectivity index (χ1) is 9.65. The largest absolute Gasteiger partial charge is 0.274 e. The molecule has 0 aromatic heterocycles. The summed E-state index contributed by atoms with van der Waals surface area (Å²) >= 11 is 0. The molecule has 2 amide bonds. The number of benzene rings is 2. The number of anilines is 1. The quantitative estimate of drug-likeness (QED) is 0.781. The molecule has 100 valence electrons.